The average Bonchev–Trinajstić information content (AvgIpc) is 3.86. The van der Waals surface area contributed by atoms with Crippen LogP contribution in [0.3, 0.4) is 0 Å². The van der Waals surface area contributed by atoms with Gasteiger partial charge in [-0.1, -0.05) is 64.8 Å². The Labute approximate surface area is 278 Å². The van der Waals surface area contributed by atoms with Crippen molar-refractivity contribution in [2.45, 2.75) is 6.61 Å². The van der Waals surface area contributed by atoms with E-state index in [1.807, 2.05) is 126 Å². The van der Waals surface area contributed by atoms with Gasteiger partial charge in [0.1, 0.15) is 23.7 Å². The van der Waals surface area contributed by atoms with Crippen molar-refractivity contribution in [2.24, 2.45) is 5.10 Å². The zero-order valence-electron chi connectivity index (χ0n) is 24.0. The highest BCUT2D eigenvalue weighted by Gasteiger charge is 2.13. The molecule has 0 aliphatic heterocycles. The Morgan fingerprint density at radius 1 is 0.804 bits per heavy atom. The standard InChI is InChI=1S/C34H24Cl2N8OS/c35-26-13-9-23(10-14-26)32-22-46-34(38-32)40-37-18-25-19-43(29-6-2-1-3-7-29)41-33(25)24-11-15-31(16-12-24)45-21-28-20-44(42-39-28)30-8-4-5-27(36)17-30/h1-20,22H,21H2,(H,38,40). The van der Waals surface area contributed by atoms with Crippen LogP contribution in [0, 0.1) is 0 Å². The molecule has 0 aliphatic rings. The summed E-state index contributed by atoms with van der Waals surface area (Å²) in [7, 11) is 0. The highest BCUT2D eigenvalue weighted by molar-refractivity contribution is 7.14. The minimum absolute atomic E-state index is 0.266. The van der Waals surface area contributed by atoms with E-state index in [9.17, 15) is 0 Å². The molecule has 226 valence electrons. The van der Waals surface area contributed by atoms with Crippen LogP contribution in [0.5, 0.6) is 5.75 Å². The fraction of sp³-hybridized carbons (Fsp3) is 0.0294. The lowest BCUT2D eigenvalue weighted by molar-refractivity contribution is 0.301. The number of rotatable bonds is 10. The van der Waals surface area contributed by atoms with E-state index in [1.54, 1.807) is 10.9 Å². The third-order valence-corrected chi connectivity index (χ3v) is 8.13. The second-order valence-corrected chi connectivity index (χ2v) is 11.8. The maximum atomic E-state index is 6.11. The molecule has 0 atom stereocenters. The highest BCUT2D eigenvalue weighted by atomic mass is 35.5. The van der Waals surface area contributed by atoms with Gasteiger partial charge in [-0.2, -0.15) is 10.2 Å². The third-order valence-electron chi connectivity index (χ3n) is 6.90. The minimum Gasteiger partial charge on any atom is -0.487 e. The van der Waals surface area contributed by atoms with Gasteiger partial charge in [0.25, 0.3) is 0 Å². The second-order valence-electron chi connectivity index (χ2n) is 10.1. The molecule has 7 aromatic rings. The van der Waals surface area contributed by atoms with Gasteiger partial charge in [-0.05, 0) is 66.7 Å². The lowest BCUT2D eigenvalue weighted by atomic mass is 10.1. The quantitative estimate of drug-likeness (QED) is 0.116. The molecule has 0 saturated heterocycles. The number of aromatic nitrogens is 6. The van der Waals surface area contributed by atoms with Gasteiger partial charge in [-0.3, -0.25) is 5.43 Å². The Kier molecular flexibility index (Phi) is 8.55. The minimum atomic E-state index is 0.266. The molecule has 0 saturated carbocycles. The summed E-state index contributed by atoms with van der Waals surface area (Å²) in [6.07, 6.45) is 5.52. The van der Waals surface area contributed by atoms with Crippen molar-refractivity contribution in [3.63, 3.8) is 0 Å². The molecule has 0 aliphatic carbocycles. The Bertz CT molecular complexity index is 2110. The Morgan fingerprint density at radius 2 is 1.59 bits per heavy atom. The predicted molar refractivity (Wildman–Crippen MR) is 183 cm³/mol. The van der Waals surface area contributed by atoms with E-state index in [0.717, 1.165) is 39.5 Å². The Morgan fingerprint density at radius 3 is 2.39 bits per heavy atom. The molecule has 0 bridgehead atoms. The number of anilines is 1. The fourth-order valence-electron chi connectivity index (χ4n) is 4.63. The number of halogens is 2. The van der Waals surface area contributed by atoms with Gasteiger partial charge < -0.3 is 4.74 Å². The lowest BCUT2D eigenvalue weighted by Crippen LogP contribution is -1.96. The summed E-state index contributed by atoms with van der Waals surface area (Å²) in [5.41, 5.74) is 9.86. The van der Waals surface area contributed by atoms with Gasteiger partial charge in [0.05, 0.1) is 29.5 Å². The third kappa shape index (κ3) is 6.84. The lowest BCUT2D eigenvalue weighted by Gasteiger charge is -2.05. The molecule has 3 heterocycles. The zero-order valence-corrected chi connectivity index (χ0v) is 26.4. The van der Waals surface area contributed by atoms with Crippen molar-refractivity contribution >= 4 is 45.9 Å². The summed E-state index contributed by atoms with van der Waals surface area (Å²) in [4.78, 5) is 4.64. The number of hydrazone groups is 1. The fourth-order valence-corrected chi connectivity index (χ4v) is 5.61. The molecule has 46 heavy (non-hydrogen) atoms. The number of nitrogens with zero attached hydrogens (tertiary/aromatic N) is 7. The molecular weight excluding hydrogens is 639 g/mol. The molecule has 12 heteroatoms. The average molecular weight is 664 g/mol. The van der Waals surface area contributed by atoms with Crippen molar-refractivity contribution in [3.05, 3.63) is 142 Å². The molecule has 0 unspecified atom stereocenters. The summed E-state index contributed by atoms with van der Waals surface area (Å²) in [6.45, 7) is 0.266. The second kappa shape index (κ2) is 13.4. The molecule has 3 aromatic heterocycles. The molecule has 9 nitrogen and oxygen atoms in total. The van der Waals surface area contributed by atoms with Crippen molar-refractivity contribution in [3.8, 4) is 39.6 Å². The number of hydrogen-bond donors (Lipinski definition) is 1. The van der Waals surface area contributed by atoms with E-state index in [2.05, 4.69) is 25.8 Å². The van der Waals surface area contributed by atoms with Gasteiger partial charge in [-0.15, -0.1) is 16.4 Å². The van der Waals surface area contributed by atoms with Crippen LogP contribution in [0.25, 0.3) is 33.9 Å². The maximum Gasteiger partial charge on any atom is 0.203 e. The van der Waals surface area contributed by atoms with Gasteiger partial charge >= 0.3 is 0 Å². The summed E-state index contributed by atoms with van der Waals surface area (Å²) in [5.74, 6) is 0.695. The van der Waals surface area contributed by atoms with Gasteiger partial charge in [0, 0.05) is 38.3 Å². The van der Waals surface area contributed by atoms with Crippen LogP contribution in [0.4, 0.5) is 5.13 Å². The largest absolute Gasteiger partial charge is 0.487 e. The molecule has 1 N–H and O–H groups in total. The number of nitrogens with one attached hydrogen (secondary N) is 1. The molecular formula is C34H24Cl2N8OS. The predicted octanol–water partition coefficient (Wildman–Crippen LogP) is 8.58. The van der Waals surface area contributed by atoms with Crippen LogP contribution in [-0.2, 0) is 6.61 Å². The topological polar surface area (TPSA) is 95.0 Å². The first-order valence-corrected chi connectivity index (χ1v) is 15.8. The first kappa shape index (κ1) is 29.4. The maximum absolute atomic E-state index is 6.11. The monoisotopic (exact) mass is 662 g/mol. The van der Waals surface area contributed by atoms with Crippen LogP contribution in [0.2, 0.25) is 10.0 Å². The molecule has 0 spiro atoms. The van der Waals surface area contributed by atoms with Crippen molar-refractivity contribution in [1.82, 2.24) is 29.8 Å². The van der Waals surface area contributed by atoms with E-state index in [1.165, 1.54) is 11.3 Å². The number of ether oxygens (including phenoxy) is 1. The number of para-hydroxylation sites is 1. The van der Waals surface area contributed by atoms with Gasteiger partial charge in [-0.25, -0.2) is 14.3 Å². The van der Waals surface area contributed by atoms with E-state index < -0.39 is 0 Å². The van der Waals surface area contributed by atoms with Crippen LogP contribution >= 0.6 is 34.5 Å². The first-order valence-electron chi connectivity index (χ1n) is 14.1. The van der Waals surface area contributed by atoms with Crippen LogP contribution in [0.15, 0.2) is 126 Å². The van der Waals surface area contributed by atoms with Gasteiger partial charge in [0.15, 0.2) is 0 Å². The van der Waals surface area contributed by atoms with E-state index in [4.69, 9.17) is 33.0 Å². The number of hydrogen-bond acceptors (Lipinski definition) is 8. The molecule has 4 aromatic carbocycles. The first-order chi connectivity index (χ1) is 22.6. The molecule has 0 fully saturated rings. The molecule has 0 amide bonds. The zero-order chi connectivity index (χ0) is 31.3. The normalized spacial score (nSPS) is 11.3. The van der Waals surface area contributed by atoms with E-state index >= 15 is 0 Å². The smallest absolute Gasteiger partial charge is 0.203 e. The summed E-state index contributed by atoms with van der Waals surface area (Å²) < 4.78 is 9.51. The van der Waals surface area contributed by atoms with Crippen molar-refractivity contribution in [1.29, 1.82) is 0 Å². The molecule has 7 rings (SSSR count). The van der Waals surface area contributed by atoms with Gasteiger partial charge in [0.2, 0.25) is 5.13 Å². The Balaban J connectivity index is 1.07. The van der Waals surface area contributed by atoms with Crippen molar-refractivity contribution < 1.29 is 4.74 Å². The molecule has 0 radical (unpaired) electrons. The van der Waals surface area contributed by atoms with Crippen LogP contribution < -0.4 is 10.2 Å². The van der Waals surface area contributed by atoms with Crippen molar-refractivity contribution in [2.75, 3.05) is 5.43 Å². The van der Waals surface area contributed by atoms with E-state index in [-0.39, 0.29) is 6.61 Å². The summed E-state index contributed by atoms with van der Waals surface area (Å²) >= 11 is 13.6. The van der Waals surface area contributed by atoms with E-state index in [0.29, 0.717) is 26.6 Å². The highest BCUT2D eigenvalue weighted by Crippen LogP contribution is 2.28. The Hall–Kier alpha value is -5.29. The number of benzene rings is 4. The summed E-state index contributed by atoms with van der Waals surface area (Å²) in [5, 5.41) is 21.8. The number of thiazole rings is 1. The van der Waals surface area contributed by atoms with Crippen LogP contribution in [-0.4, -0.2) is 36.0 Å². The van der Waals surface area contributed by atoms with Crippen LogP contribution in [0.1, 0.15) is 11.3 Å². The SMILES string of the molecule is Clc1ccc(-c2csc(NN=Cc3cn(-c4ccccc4)nc3-c3ccc(OCc4cn(-c5cccc(Cl)c5)nn4)cc3)n2)cc1. The summed E-state index contributed by atoms with van der Waals surface area (Å²) in [6, 6.07) is 32.7.